The van der Waals surface area contributed by atoms with Crippen molar-refractivity contribution < 1.29 is 14.3 Å². The molecule has 1 aliphatic carbocycles. The van der Waals surface area contributed by atoms with Crippen LogP contribution in [0.1, 0.15) is 39.5 Å². The summed E-state index contributed by atoms with van der Waals surface area (Å²) >= 11 is 0. The van der Waals surface area contributed by atoms with Gasteiger partial charge in [-0.1, -0.05) is 12.8 Å². The zero-order valence-electron chi connectivity index (χ0n) is 18.2. The molecule has 2 aliphatic heterocycles. The Hall–Kier alpha value is -1.26. The van der Waals surface area contributed by atoms with Crippen LogP contribution >= 0.6 is 0 Å². The Morgan fingerprint density at radius 2 is 1.93 bits per heavy atom. The molecule has 0 aromatic heterocycles. The second-order valence-corrected chi connectivity index (χ2v) is 8.56. The third-order valence-corrected chi connectivity index (χ3v) is 6.71. The van der Waals surface area contributed by atoms with E-state index >= 15 is 0 Å². The van der Waals surface area contributed by atoms with Crippen LogP contribution in [0.4, 0.5) is 0 Å². The van der Waals surface area contributed by atoms with Gasteiger partial charge >= 0.3 is 0 Å². The first-order valence-corrected chi connectivity index (χ1v) is 11.0. The standard InChI is InChI=1S/C20H38N6O3/c1-13-12-25(14(2)27)9-10-26(13)20-22-11-15(19(28)21-3)18(24-20)23-16-7-5-6-8-17(16)29-4/h13,15-18,20,22-24H,5-12H2,1-4H3,(H,21,28). The lowest BCUT2D eigenvalue weighted by atomic mass is 9.91. The number of piperazine rings is 1. The summed E-state index contributed by atoms with van der Waals surface area (Å²) in [5.41, 5.74) is 0. The first-order valence-electron chi connectivity index (χ1n) is 11.0. The van der Waals surface area contributed by atoms with Crippen molar-refractivity contribution in [2.75, 3.05) is 40.3 Å². The maximum absolute atomic E-state index is 12.5. The summed E-state index contributed by atoms with van der Waals surface area (Å²) in [6, 6.07) is 0.473. The molecule has 3 rings (SSSR count). The monoisotopic (exact) mass is 410 g/mol. The van der Waals surface area contributed by atoms with E-state index in [0.717, 1.165) is 32.5 Å². The van der Waals surface area contributed by atoms with Crippen molar-refractivity contribution in [3.8, 4) is 0 Å². The highest BCUT2D eigenvalue weighted by atomic mass is 16.5. The van der Waals surface area contributed by atoms with Gasteiger partial charge in [0.05, 0.1) is 18.2 Å². The zero-order chi connectivity index (χ0) is 21.0. The van der Waals surface area contributed by atoms with Crippen LogP contribution in [0.15, 0.2) is 0 Å². The molecular formula is C20H38N6O3. The number of carbonyl (C=O) groups excluding carboxylic acids is 2. The van der Waals surface area contributed by atoms with E-state index in [1.54, 1.807) is 21.1 Å². The molecule has 2 heterocycles. The molecule has 29 heavy (non-hydrogen) atoms. The van der Waals surface area contributed by atoms with Gasteiger partial charge in [0.25, 0.3) is 0 Å². The fourth-order valence-corrected chi connectivity index (χ4v) is 4.95. The Balaban J connectivity index is 1.68. The molecule has 166 valence electrons. The van der Waals surface area contributed by atoms with Gasteiger partial charge in [0, 0.05) is 59.3 Å². The summed E-state index contributed by atoms with van der Waals surface area (Å²) in [4.78, 5) is 28.5. The number of hydrogen-bond acceptors (Lipinski definition) is 7. The first kappa shape index (κ1) is 22.4. The van der Waals surface area contributed by atoms with Crippen molar-refractivity contribution >= 4 is 11.8 Å². The van der Waals surface area contributed by atoms with E-state index in [0.29, 0.717) is 6.54 Å². The molecule has 0 radical (unpaired) electrons. The van der Waals surface area contributed by atoms with Crippen molar-refractivity contribution in [2.45, 2.75) is 70.2 Å². The number of nitrogens with zero attached hydrogens (tertiary/aromatic N) is 2. The van der Waals surface area contributed by atoms with Crippen LogP contribution in [0.3, 0.4) is 0 Å². The molecule has 0 spiro atoms. The van der Waals surface area contributed by atoms with Crippen molar-refractivity contribution in [2.24, 2.45) is 5.92 Å². The highest BCUT2D eigenvalue weighted by molar-refractivity contribution is 5.79. The van der Waals surface area contributed by atoms with Gasteiger partial charge in [-0.2, -0.15) is 0 Å². The van der Waals surface area contributed by atoms with E-state index in [9.17, 15) is 9.59 Å². The van der Waals surface area contributed by atoms with E-state index in [2.05, 4.69) is 33.1 Å². The molecule has 2 saturated heterocycles. The van der Waals surface area contributed by atoms with Gasteiger partial charge in [0.15, 0.2) is 0 Å². The number of nitrogens with one attached hydrogen (secondary N) is 4. The fraction of sp³-hybridized carbons (Fsp3) is 0.900. The summed E-state index contributed by atoms with van der Waals surface area (Å²) in [6.45, 7) is 6.62. The van der Waals surface area contributed by atoms with Gasteiger partial charge in [0.2, 0.25) is 11.8 Å². The third kappa shape index (κ3) is 5.27. The molecule has 9 heteroatoms. The molecule has 9 nitrogen and oxygen atoms in total. The maximum Gasteiger partial charge on any atom is 0.227 e. The Morgan fingerprint density at radius 1 is 1.17 bits per heavy atom. The van der Waals surface area contributed by atoms with E-state index in [1.807, 2.05) is 4.90 Å². The van der Waals surface area contributed by atoms with Gasteiger partial charge in [-0.05, 0) is 19.8 Å². The Bertz CT molecular complexity index is 576. The SMILES string of the molecule is CNC(=O)C1CNC(N2CCN(C(C)=O)CC2C)NC1NC1CCCCC1OC. The molecule has 6 atom stereocenters. The first-order chi connectivity index (χ1) is 13.9. The average Bonchev–Trinajstić information content (AvgIpc) is 2.73. The average molecular weight is 411 g/mol. The number of ether oxygens (including phenoxy) is 1. The number of amides is 2. The number of rotatable bonds is 5. The molecule has 0 bridgehead atoms. The lowest BCUT2D eigenvalue weighted by Crippen LogP contribution is -2.74. The van der Waals surface area contributed by atoms with Crippen molar-refractivity contribution in [1.82, 2.24) is 31.1 Å². The number of hydrogen-bond donors (Lipinski definition) is 4. The minimum Gasteiger partial charge on any atom is -0.380 e. The molecule has 4 N–H and O–H groups in total. The minimum atomic E-state index is -0.204. The van der Waals surface area contributed by atoms with E-state index in [4.69, 9.17) is 4.74 Å². The summed E-state index contributed by atoms with van der Waals surface area (Å²) < 4.78 is 5.71. The third-order valence-electron chi connectivity index (χ3n) is 6.71. The Labute approximate surface area is 174 Å². The van der Waals surface area contributed by atoms with Crippen LogP contribution < -0.4 is 21.3 Å². The van der Waals surface area contributed by atoms with Crippen LogP contribution in [-0.4, -0.2) is 92.6 Å². The molecule has 3 aliphatic rings. The zero-order valence-corrected chi connectivity index (χ0v) is 18.2. The maximum atomic E-state index is 12.5. The normalized spacial score (nSPS) is 36.6. The van der Waals surface area contributed by atoms with Crippen LogP contribution in [-0.2, 0) is 14.3 Å². The summed E-state index contributed by atoms with van der Waals surface area (Å²) in [5.74, 6) is -0.0483. The van der Waals surface area contributed by atoms with Gasteiger partial charge < -0.3 is 15.0 Å². The number of methoxy groups -OCH3 is 1. The van der Waals surface area contributed by atoms with E-state index in [-0.39, 0.29) is 48.4 Å². The molecule has 6 unspecified atom stereocenters. The second-order valence-electron chi connectivity index (χ2n) is 8.56. The smallest absolute Gasteiger partial charge is 0.227 e. The van der Waals surface area contributed by atoms with Crippen LogP contribution in [0.25, 0.3) is 0 Å². The minimum absolute atomic E-state index is 0.0279. The second kappa shape index (κ2) is 10.2. The summed E-state index contributed by atoms with van der Waals surface area (Å²) in [5, 5.41) is 13.6. The van der Waals surface area contributed by atoms with Crippen molar-refractivity contribution in [3.05, 3.63) is 0 Å². The molecule has 1 saturated carbocycles. The van der Waals surface area contributed by atoms with Gasteiger partial charge in [-0.3, -0.25) is 30.4 Å². The predicted molar refractivity (Wildman–Crippen MR) is 111 cm³/mol. The van der Waals surface area contributed by atoms with Crippen LogP contribution in [0.2, 0.25) is 0 Å². The Morgan fingerprint density at radius 3 is 2.59 bits per heavy atom. The van der Waals surface area contributed by atoms with Gasteiger partial charge in [0.1, 0.15) is 6.29 Å². The topological polar surface area (TPSA) is 98.0 Å². The van der Waals surface area contributed by atoms with Crippen molar-refractivity contribution in [3.63, 3.8) is 0 Å². The van der Waals surface area contributed by atoms with E-state index in [1.165, 1.54) is 12.8 Å². The Kier molecular flexibility index (Phi) is 7.86. The molecule has 0 aromatic carbocycles. The highest BCUT2D eigenvalue weighted by Crippen LogP contribution is 2.23. The van der Waals surface area contributed by atoms with E-state index < -0.39 is 0 Å². The largest absolute Gasteiger partial charge is 0.380 e. The summed E-state index contributed by atoms with van der Waals surface area (Å²) in [6.07, 6.45) is 4.49. The van der Waals surface area contributed by atoms with Crippen LogP contribution in [0, 0.1) is 5.92 Å². The van der Waals surface area contributed by atoms with Crippen molar-refractivity contribution in [1.29, 1.82) is 0 Å². The molecule has 0 aromatic rings. The van der Waals surface area contributed by atoms with Crippen LogP contribution in [0.5, 0.6) is 0 Å². The lowest BCUT2D eigenvalue weighted by molar-refractivity contribution is -0.134. The molecule has 3 fully saturated rings. The summed E-state index contributed by atoms with van der Waals surface area (Å²) in [7, 11) is 3.46. The number of carbonyl (C=O) groups is 2. The predicted octanol–water partition coefficient (Wildman–Crippen LogP) is -0.749. The fourth-order valence-electron chi connectivity index (χ4n) is 4.95. The van der Waals surface area contributed by atoms with Gasteiger partial charge in [-0.25, -0.2) is 0 Å². The molecular weight excluding hydrogens is 372 g/mol. The quantitative estimate of drug-likeness (QED) is 0.474. The molecule has 2 amide bonds. The lowest BCUT2D eigenvalue weighted by Gasteiger charge is -2.49. The van der Waals surface area contributed by atoms with Gasteiger partial charge in [-0.15, -0.1) is 0 Å². The highest BCUT2D eigenvalue weighted by Gasteiger charge is 2.40.